The van der Waals surface area contributed by atoms with E-state index in [9.17, 15) is 4.79 Å². The Bertz CT molecular complexity index is 348. The molecule has 1 heterocycles. The van der Waals surface area contributed by atoms with Crippen molar-refractivity contribution in [1.29, 1.82) is 0 Å². The third-order valence-corrected chi connectivity index (χ3v) is 2.21. The van der Waals surface area contributed by atoms with E-state index >= 15 is 0 Å². The molecule has 1 aromatic rings. The Morgan fingerprint density at radius 2 is 2.14 bits per heavy atom. The first kappa shape index (κ1) is 8.81. The maximum Gasteiger partial charge on any atom is 0.415 e. The third-order valence-electron chi connectivity index (χ3n) is 2.21. The van der Waals surface area contributed by atoms with Crippen LogP contribution in [-0.4, -0.2) is 18.7 Å². The first-order chi connectivity index (χ1) is 6.83. The van der Waals surface area contributed by atoms with Gasteiger partial charge in [-0.3, -0.25) is 4.90 Å². The number of para-hydroxylation sites is 1. The zero-order chi connectivity index (χ0) is 9.97. The summed E-state index contributed by atoms with van der Waals surface area (Å²) in [6.45, 7) is 4.07. The smallest absolute Gasteiger partial charge is 0.415 e. The van der Waals surface area contributed by atoms with Crippen molar-refractivity contribution in [3.63, 3.8) is 0 Å². The largest absolute Gasteiger partial charge is 0.447 e. The minimum Gasteiger partial charge on any atom is -0.447 e. The van der Waals surface area contributed by atoms with Crippen LogP contribution in [0.1, 0.15) is 0 Å². The summed E-state index contributed by atoms with van der Waals surface area (Å²) in [6, 6.07) is 9.40. The van der Waals surface area contributed by atoms with Gasteiger partial charge in [-0.2, -0.15) is 0 Å². The number of carbonyl (C=O) groups excluding carboxylic acids is 1. The Hall–Kier alpha value is -1.77. The highest BCUT2D eigenvalue weighted by Crippen LogP contribution is 2.22. The number of benzene rings is 1. The predicted molar refractivity (Wildman–Crippen MR) is 54.3 cm³/mol. The average molecular weight is 189 g/mol. The number of rotatable bonds is 2. The van der Waals surface area contributed by atoms with E-state index in [2.05, 4.69) is 6.58 Å². The Balaban J connectivity index is 2.32. The standard InChI is InChI=1S/C11H11NO2/c1-2-9-8-14-11(13)12(9)10-6-4-3-5-7-10/h2-7,9H,1,8H2/t9-/m0/s1. The highest BCUT2D eigenvalue weighted by molar-refractivity contribution is 5.90. The fourth-order valence-electron chi connectivity index (χ4n) is 1.50. The lowest BCUT2D eigenvalue weighted by atomic mass is 10.2. The highest BCUT2D eigenvalue weighted by atomic mass is 16.6. The number of anilines is 1. The number of cyclic esters (lactones) is 1. The molecule has 0 unspecified atom stereocenters. The van der Waals surface area contributed by atoms with Gasteiger partial charge in [-0.05, 0) is 12.1 Å². The third kappa shape index (κ3) is 1.37. The fourth-order valence-corrected chi connectivity index (χ4v) is 1.50. The lowest BCUT2D eigenvalue weighted by Gasteiger charge is -2.17. The number of hydrogen-bond donors (Lipinski definition) is 0. The molecule has 0 bridgehead atoms. The highest BCUT2D eigenvalue weighted by Gasteiger charge is 2.31. The number of ether oxygens (including phenoxy) is 1. The van der Waals surface area contributed by atoms with E-state index in [1.54, 1.807) is 11.0 Å². The Morgan fingerprint density at radius 3 is 2.79 bits per heavy atom. The van der Waals surface area contributed by atoms with Gasteiger partial charge in [0.2, 0.25) is 0 Å². The average Bonchev–Trinajstić information content (AvgIpc) is 2.61. The molecule has 1 atom stereocenters. The first-order valence-electron chi connectivity index (χ1n) is 4.46. The fraction of sp³-hybridized carbons (Fsp3) is 0.182. The van der Waals surface area contributed by atoms with Crippen LogP contribution in [0.15, 0.2) is 43.0 Å². The van der Waals surface area contributed by atoms with E-state index in [0.29, 0.717) is 6.61 Å². The summed E-state index contributed by atoms with van der Waals surface area (Å²) >= 11 is 0. The molecule has 1 aliphatic rings. The van der Waals surface area contributed by atoms with E-state index in [0.717, 1.165) is 5.69 Å². The Labute approximate surface area is 82.6 Å². The molecule has 14 heavy (non-hydrogen) atoms. The van der Waals surface area contributed by atoms with Gasteiger partial charge < -0.3 is 4.74 Å². The van der Waals surface area contributed by atoms with Gasteiger partial charge in [0.15, 0.2) is 0 Å². The molecule has 3 nitrogen and oxygen atoms in total. The second-order valence-corrected chi connectivity index (χ2v) is 3.09. The number of carbonyl (C=O) groups is 1. The monoisotopic (exact) mass is 189 g/mol. The molecule has 2 rings (SSSR count). The number of hydrogen-bond acceptors (Lipinski definition) is 2. The molecule has 0 radical (unpaired) electrons. The quantitative estimate of drug-likeness (QED) is 0.667. The maximum atomic E-state index is 11.4. The molecule has 1 fully saturated rings. The molecular weight excluding hydrogens is 178 g/mol. The van der Waals surface area contributed by atoms with E-state index < -0.39 is 0 Å². The summed E-state index contributed by atoms with van der Waals surface area (Å²) in [6.07, 6.45) is 1.42. The van der Waals surface area contributed by atoms with Crippen molar-refractivity contribution in [2.75, 3.05) is 11.5 Å². The van der Waals surface area contributed by atoms with Gasteiger partial charge in [0, 0.05) is 5.69 Å². The summed E-state index contributed by atoms with van der Waals surface area (Å²) in [5, 5.41) is 0. The Morgan fingerprint density at radius 1 is 1.43 bits per heavy atom. The van der Waals surface area contributed by atoms with Crippen LogP contribution in [0, 0.1) is 0 Å². The molecule has 0 saturated carbocycles. The van der Waals surface area contributed by atoms with Crippen molar-refractivity contribution in [3.05, 3.63) is 43.0 Å². The normalized spacial score (nSPS) is 20.7. The van der Waals surface area contributed by atoms with Crippen LogP contribution in [0.2, 0.25) is 0 Å². The van der Waals surface area contributed by atoms with Crippen LogP contribution in [0.5, 0.6) is 0 Å². The van der Waals surface area contributed by atoms with Crippen molar-refractivity contribution in [1.82, 2.24) is 0 Å². The van der Waals surface area contributed by atoms with Crippen LogP contribution in [0.25, 0.3) is 0 Å². The molecular formula is C11H11NO2. The van der Waals surface area contributed by atoms with Crippen LogP contribution in [0.3, 0.4) is 0 Å². The van der Waals surface area contributed by atoms with Crippen molar-refractivity contribution < 1.29 is 9.53 Å². The minimum absolute atomic E-state index is 0.0510. The summed E-state index contributed by atoms with van der Waals surface area (Å²) in [7, 11) is 0. The molecule has 3 heteroatoms. The minimum atomic E-state index is -0.305. The zero-order valence-corrected chi connectivity index (χ0v) is 7.72. The summed E-state index contributed by atoms with van der Waals surface area (Å²) in [5.41, 5.74) is 0.847. The lowest BCUT2D eigenvalue weighted by molar-refractivity contribution is 0.180. The first-order valence-corrected chi connectivity index (χ1v) is 4.46. The van der Waals surface area contributed by atoms with Crippen LogP contribution in [0.4, 0.5) is 10.5 Å². The number of nitrogens with zero attached hydrogens (tertiary/aromatic N) is 1. The maximum absolute atomic E-state index is 11.4. The molecule has 1 aliphatic heterocycles. The van der Waals surface area contributed by atoms with E-state index in [-0.39, 0.29) is 12.1 Å². The van der Waals surface area contributed by atoms with E-state index in [4.69, 9.17) is 4.74 Å². The van der Waals surface area contributed by atoms with Gasteiger partial charge in [0.05, 0.1) is 6.04 Å². The molecule has 0 aromatic heterocycles. The molecule has 0 N–H and O–H groups in total. The zero-order valence-electron chi connectivity index (χ0n) is 7.72. The number of amides is 1. The lowest BCUT2D eigenvalue weighted by Crippen LogP contribution is -2.31. The van der Waals surface area contributed by atoms with Gasteiger partial charge in [0.25, 0.3) is 0 Å². The summed E-state index contributed by atoms with van der Waals surface area (Å²) in [5.74, 6) is 0. The van der Waals surface area contributed by atoms with Crippen LogP contribution >= 0.6 is 0 Å². The van der Waals surface area contributed by atoms with E-state index in [1.165, 1.54) is 0 Å². The molecule has 1 saturated heterocycles. The van der Waals surface area contributed by atoms with Gasteiger partial charge >= 0.3 is 6.09 Å². The van der Waals surface area contributed by atoms with E-state index in [1.807, 2.05) is 30.3 Å². The molecule has 1 aromatic carbocycles. The second-order valence-electron chi connectivity index (χ2n) is 3.09. The molecule has 0 aliphatic carbocycles. The Kier molecular flexibility index (Phi) is 2.23. The van der Waals surface area contributed by atoms with Crippen molar-refractivity contribution in [2.24, 2.45) is 0 Å². The van der Waals surface area contributed by atoms with Gasteiger partial charge in [-0.15, -0.1) is 6.58 Å². The van der Waals surface area contributed by atoms with Crippen molar-refractivity contribution in [2.45, 2.75) is 6.04 Å². The van der Waals surface area contributed by atoms with Crippen molar-refractivity contribution >= 4 is 11.8 Å². The van der Waals surface area contributed by atoms with Crippen molar-refractivity contribution in [3.8, 4) is 0 Å². The van der Waals surface area contributed by atoms with Crippen LogP contribution in [-0.2, 0) is 4.74 Å². The molecule has 72 valence electrons. The molecule has 1 amide bonds. The predicted octanol–water partition coefficient (Wildman–Crippen LogP) is 2.20. The van der Waals surface area contributed by atoms with Gasteiger partial charge in [0.1, 0.15) is 6.61 Å². The summed E-state index contributed by atoms with van der Waals surface area (Å²) in [4.78, 5) is 13.0. The van der Waals surface area contributed by atoms with Gasteiger partial charge in [-0.1, -0.05) is 24.3 Å². The molecule has 0 spiro atoms. The second kappa shape index (κ2) is 3.54. The van der Waals surface area contributed by atoms with Crippen LogP contribution < -0.4 is 4.90 Å². The topological polar surface area (TPSA) is 29.5 Å². The van der Waals surface area contributed by atoms with Gasteiger partial charge in [-0.25, -0.2) is 4.79 Å². The SMILES string of the molecule is C=C[C@H]1COC(=O)N1c1ccccc1. The summed E-state index contributed by atoms with van der Waals surface area (Å²) < 4.78 is 4.94.